The fourth-order valence-corrected chi connectivity index (χ4v) is 1.76. The molecular formula is C11H14ClNO. The molecule has 1 aliphatic carbocycles. The zero-order valence-corrected chi connectivity index (χ0v) is 8.70. The fraction of sp³-hybridized carbons (Fsp3) is 0.455. The van der Waals surface area contributed by atoms with E-state index in [-0.39, 0.29) is 0 Å². The van der Waals surface area contributed by atoms with Crippen molar-refractivity contribution in [2.75, 3.05) is 0 Å². The first-order valence-electron chi connectivity index (χ1n) is 4.86. The summed E-state index contributed by atoms with van der Waals surface area (Å²) in [7, 11) is 0. The lowest BCUT2D eigenvalue weighted by Crippen LogP contribution is -2.41. The number of hydrogen-bond acceptors (Lipinski definition) is 2. The maximum atomic E-state index is 5.99. The SMILES string of the molecule is N[C@H]1C[C@@H](OCc2ccccc2Cl)C1. The van der Waals surface area contributed by atoms with Gasteiger partial charge in [0, 0.05) is 11.1 Å². The second kappa shape index (κ2) is 4.30. The molecule has 0 atom stereocenters. The van der Waals surface area contributed by atoms with Crippen LogP contribution >= 0.6 is 11.6 Å². The quantitative estimate of drug-likeness (QED) is 0.833. The summed E-state index contributed by atoms with van der Waals surface area (Å²) in [6.45, 7) is 0.594. The summed E-state index contributed by atoms with van der Waals surface area (Å²) in [5, 5.41) is 0.774. The minimum absolute atomic E-state index is 0.335. The Balaban J connectivity index is 1.83. The normalized spacial score (nSPS) is 25.9. The van der Waals surface area contributed by atoms with Crippen LogP contribution in [0.25, 0.3) is 0 Å². The molecule has 1 aromatic carbocycles. The van der Waals surface area contributed by atoms with Gasteiger partial charge in [0.25, 0.3) is 0 Å². The van der Waals surface area contributed by atoms with E-state index in [2.05, 4.69) is 0 Å². The number of halogens is 1. The summed E-state index contributed by atoms with van der Waals surface area (Å²) in [6, 6.07) is 8.10. The summed E-state index contributed by atoms with van der Waals surface area (Å²) < 4.78 is 5.65. The molecule has 0 saturated heterocycles. The van der Waals surface area contributed by atoms with Gasteiger partial charge in [0.1, 0.15) is 0 Å². The number of rotatable bonds is 3. The molecule has 1 saturated carbocycles. The molecule has 2 nitrogen and oxygen atoms in total. The molecule has 0 amide bonds. The zero-order chi connectivity index (χ0) is 9.97. The molecule has 3 heteroatoms. The van der Waals surface area contributed by atoms with Gasteiger partial charge in [-0.3, -0.25) is 0 Å². The highest BCUT2D eigenvalue weighted by Gasteiger charge is 2.26. The van der Waals surface area contributed by atoms with Crippen molar-refractivity contribution in [3.63, 3.8) is 0 Å². The Morgan fingerprint density at radius 2 is 2.07 bits per heavy atom. The van der Waals surface area contributed by atoms with Crippen LogP contribution in [0, 0.1) is 0 Å². The maximum Gasteiger partial charge on any atom is 0.0735 e. The van der Waals surface area contributed by atoms with Crippen molar-refractivity contribution >= 4 is 11.6 Å². The summed E-state index contributed by atoms with van der Waals surface area (Å²) in [5.41, 5.74) is 6.71. The van der Waals surface area contributed by atoms with Crippen molar-refractivity contribution in [3.8, 4) is 0 Å². The van der Waals surface area contributed by atoms with Gasteiger partial charge < -0.3 is 10.5 Å². The Hall–Kier alpha value is -0.570. The van der Waals surface area contributed by atoms with Gasteiger partial charge in [-0.1, -0.05) is 29.8 Å². The Morgan fingerprint density at radius 1 is 1.36 bits per heavy atom. The standard InChI is InChI=1S/C11H14ClNO/c12-11-4-2-1-3-8(11)7-14-10-5-9(13)6-10/h1-4,9-10H,5-7,13H2/t9-,10+. The van der Waals surface area contributed by atoms with Gasteiger partial charge >= 0.3 is 0 Å². The molecule has 0 radical (unpaired) electrons. The smallest absolute Gasteiger partial charge is 0.0735 e. The van der Waals surface area contributed by atoms with E-state index in [9.17, 15) is 0 Å². The Kier molecular flexibility index (Phi) is 3.06. The summed E-state index contributed by atoms with van der Waals surface area (Å²) >= 11 is 5.99. The molecule has 76 valence electrons. The molecular weight excluding hydrogens is 198 g/mol. The van der Waals surface area contributed by atoms with E-state index in [0.29, 0.717) is 18.8 Å². The van der Waals surface area contributed by atoms with E-state index in [4.69, 9.17) is 22.1 Å². The van der Waals surface area contributed by atoms with Crippen molar-refractivity contribution < 1.29 is 4.74 Å². The molecule has 0 aromatic heterocycles. The first-order chi connectivity index (χ1) is 6.75. The van der Waals surface area contributed by atoms with Gasteiger partial charge in [0.05, 0.1) is 12.7 Å². The average molecular weight is 212 g/mol. The molecule has 1 aliphatic rings. The van der Waals surface area contributed by atoms with Crippen LogP contribution in [0.4, 0.5) is 0 Å². The molecule has 14 heavy (non-hydrogen) atoms. The van der Waals surface area contributed by atoms with E-state index in [1.165, 1.54) is 0 Å². The van der Waals surface area contributed by atoms with Crippen molar-refractivity contribution in [2.24, 2.45) is 5.73 Å². The number of hydrogen-bond donors (Lipinski definition) is 1. The number of benzene rings is 1. The van der Waals surface area contributed by atoms with Crippen LogP contribution < -0.4 is 5.73 Å². The molecule has 2 N–H and O–H groups in total. The minimum atomic E-state index is 0.335. The summed E-state index contributed by atoms with van der Waals surface area (Å²) in [6.07, 6.45) is 2.29. The first-order valence-corrected chi connectivity index (χ1v) is 5.24. The maximum absolute atomic E-state index is 5.99. The van der Waals surface area contributed by atoms with Crippen molar-refractivity contribution in [1.82, 2.24) is 0 Å². The highest BCUT2D eigenvalue weighted by Crippen LogP contribution is 2.24. The van der Waals surface area contributed by atoms with Crippen LogP contribution in [0.1, 0.15) is 18.4 Å². The highest BCUT2D eigenvalue weighted by molar-refractivity contribution is 6.31. The molecule has 1 fully saturated rings. The lowest BCUT2D eigenvalue weighted by molar-refractivity contribution is -0.0188. The Bertz CT molecular complexity index is 310. The van der Waals surface area contributed by atoms with Crippen LogP contribution in [-0.4, -0.2) is 12.1 Å². The highest BCUT2D eigenvalue weighted by atomic mass is 35.5. The third-order valence-electron chi connectivity index (χ3n) is 2.56. The van der Waals surface area contributed by atoms with Crippen LogP contribution in [0.3, 0.4) is 0 Å². The monoisotopic (exact) mass is 211 g/mol. The predicted octanol–water partition coefficient (Wildman–Crippen LogP) is 2.35. The predicted molar refractivity (Wildman–Crippen MR) is 57.2 cm³/mol. The van der Waals surface area contributed by atoms with Crippen LogP contribution in [0.15, 0.2) is 24.3 Å². The zero-order valence-electron chi connectivity index (χ0n) is 7.95. The van der Waals surface area contributed by atoms with E-state index < -0.39 is 0 Å². The van der Waals surface area contributed by atoms with E-state index in [1.807, 2.05) is 24.3 Å². The van der Waals surface area contributed by atoms with E-state index in [0.717, 1.165) is 23.4 Å². The summed E-state index contributed by atoms with van der Waals surface area (Å²) in [5.74, 6) is 0. The van der Waals surface area contributed by atoms with Crippen molar-refractivity contribution in [3.05, 3.63) is 34.9 Å². The lowest BCUT2D eigenvalue weighted by Gasteiger charge is -2.32. The number of nitrogens with two attached hydrogens (primary N) is 1. The largest absolute Gasteiger partial charge is 0.373 e. The van der Waals surface area contributed by atoms with E-state index in [1.54, 1.807) is 0 Å². The Morgan fingerprint density at radius 3 is 2.71 bits per heavy atom. The topological polar surface area (TPSA) is 35.2 Å². The molecule has 0 spiro atoms. The van der Waals surface area contributed by atoms with Gasteiger partial charge in [0.2, 0.25) is 0 Å². The average Bonchev–Trinajstić information content (AvgIpc) is 2.13. The number of ether oxygens (including phenoxy) is 1. The summed E-state index contributed by atoms with van der Waals surface area (Å²) in [4.78, 5) is 0. The minimum Gasteiger partial charge on any atom is -0.373 e. The second-order valence-corrected chi connectivity index (χ2v) is 4.16. The van der Waals surface area contributed by atoms with Crippen molar-refractivity contribution in [1.29, 1.82) is 0 Å². The molecule has 1 aromatic rings. The fourth-order valence-electron chi connectivity index (χ4n) is 1.57. The molecule has 2 rings (SSSR count). The molecule has 0 unspecified atom stereocenters. The van der Waals surface area contributed by atoms with Crippen molar-refractivity contribution in [2.45, 2.75) is 31.6 Å². The second-order valence-electron chi connectivity index (χ2n) is 3.76. The first kappa shape index (κ1) is 9.97. The third kappa shape index (κ3) is 2.27. The van der Waals surface area contributed by atoms with Crippen LogP contribution in [0.2, 0.25) is 5.02 Å². The van der Waals surface area contributed by atoms with Crippen LogP contribution in [-0.2, 0) is 11.3 Å². The van der Waals surface area contributed by atoms with Gasteiger partial charge in [-0.2, -0.15) is 0 Å². The van der Waals surface area contributed by atoms with Gasteiger partial charge in [0.15, 0.2) is 0 Å². The lowest BCUT2D eigenvalue weighted by atomic mass is 9.90. The van der Waals surface area contributed by atoms with Gasteiger partial charge in [-0.15, -0.1) is 0 Å². The molecule has 0 heterocycles. The van der Waals surface area contributed by atoms with Gasteiger partial charge in [-0.05, 0) is 24.5 Å². The van der Waals surface area contributed by atoms with Crippen LogP contribution in [0.5, 0.6) is 0 Å². The molecule has 0 aliphatic heterocycles. The van der Waals surface area contributed by atoms with Gasteiger partial charge in [-0.25, -0.2) is 0 Å². The Labute approximate surface area is 89.0 Å². The third-order valence-corrected chi connectivity index (χ3v) is 2.93. The molecule has 0 bridgehead atoms. The van der Waals surface area contributed by atoms with E-state index >= 15 is 0 Å².